The van der Waals surface area contributed by atoms with Crippen molar-refractivity contribution < 1.29 is 19.1 Å². The summed E-state index contributed by atoms with van der Waals surface area (Å²) < 4.78 is 10.5. The summed E-state index contributed by atoms with van der Waals surface area (Å²) in [4.78, 5) is 27.8. The minimum absolute atomic E-state index is 0.263. The van der Waals surface area contributed by atoms with E-state index in [2.05, 4.69) is 4.98 Å². The molecule has 1 atom stereocenters. The van der Waals surface area contributed by atoms with E-state index in [-0.39, 0.29) is 6.42 Å². The van der Waals surface area contributed by atoms with Crippen LogP contribution in [0.4, 0.5) is 0 Å². The number of carbonyl (C=O) groups excluding carboxylic acids is 2. The Bertz CT molecular complexity index is 451. The third-order valence-electron chi connectivity index (χ3n) is 2.31. The molecule has 0 aromatic carbocycles. The third-order valence-corrected chi connectivity index (χ3v) is 2.31. The highest BCUT2D eigenvalue weighted by atomic mass is 16.6. The molecule has 5 heteroatoms. The van der Waals surface area contributed by atoms with Gasteiger partial charge in [-0.05, 0) is 33.3 Å². The lowest BCUT2D eigenvalue weighted by Gasteiger charge is -2.24. The van der Waals surface area contributed by atoms with Gasteiger partial charge in [0.15, 0.2) is 0 Å². The molecule has 5 nitrogen and oxygen atoms in total. The van der Waals surface area contributed by atoms with Crippen LogP contribution in [0.5, 0.6) is 0 Å². The molecular weight excluding hydrogens is 258 g/mol. The molecule has 1 aromatic rings. The van der Waals surface area contributed by atoms with Crippen LogP contribution in [0.3, 0.4) is 0 Å². The summed E-state index contributed by atoms with van der Waals surface area (Å²) in [5.74, 6) is -1.01. The molecular formula is C15H21NO4. The highest BCUT2D eigenvalue weighted by molar-refractivity contribution is 5.80. The van der Waals surface area contributed by atoms with E-state index in [0.717, 1.165) is 0 Å². The van der Waals surface area contributed by atoms with Gasteiger partial charge < -0.3 is 9.47 Å². The molecule has 1 aromatic heterocycles. The zero-order valence-electron chi connectivity index (χ0n) is 12.4. The van der Waals surface area contributed by atoms with Crippen molar-refractivity contribution in [3.8, 4) is 0 Å². The van der Waals surface area contributed by atoms with Gasteiger partial charge in [-0.2, -0.15) is 0 Å². The Morgan fingerprint density at radius 1 is 1.35 bits per heavy atom. The number of esters is 2. The van der Waals surface area contributed by atoms with Gasteiger partial charge in [0.1, 0.15) is 5.60 Å². The smallest absolute Gasteiger partial charge is 0.352 e. The van der Waals surface area contributed by atoms with Crippen molar-refractivity contribution >= 4 is 11.9 Å². The van der Waals surface area contributed by atoms with Gasteiger partial charge >= 0.3 is 11.9 Å². The summed E-state index contributed by atoms with van der Waals surface area (Å²) in [5.41, 5.74) is -0.138. The van der Waals surface area contributed by atoms with Gasteiger partial charge in [0.2, 0.25) is 6.10 Å². The molecule has 0 aliphatic heterocycles. The van der Waals surface area contributed by atoms with Crippen LogP contribution in [0.2, 0.25) is 0 Å². The molecule has 0 N–H and O–H groups in total. The first kappa shape index (κ1) is 16.1. The molecule has 0 saturated heterocycles. The first-order chi connectivity index (χ1) is 9.33. The Hall–Kier alpha value is -1.91. The molecule has 20 heavy (non-hydrogen) atoms. The standard InChI is InChI=1S/C15H21NO4/c1-5-7-12(17)19-13(11-8-6-9-16-10-11)14(18)20-15(2,3)4/h6,8-10,13H,5,7H2,1-4H3. The molecule has 0 fully saturated rings. The van der Waals surface area contributed by atoms with E-state index >= 15 is 0 Å². The van der Waals surface area contributed by atoms with Gasteiger partial charge in [-0.25, -0.2) is 4.79 Å². The molecule has 1 unspecified atom stereocenters. The van der Waals surface area contributed by atoms with E-state index in [1.807, 2.05) is 6.92 Å². The van der Waals surface area contributed by atoms with E-state index in [0.29, 0.717) is 12.0 Å². The summed E-state index contributed by atoms with van der Waals surface area (Å²) >= 11 is 0. The van der Waals surface area contributed by atoms with Crippen LogP contribution in [0, 0.1) is 0 Å². The van der Waals surface area contributed by atoms with Crippen LogP contribution in [-0.2, 0) is 19.1 Å². The van der Waals surface area contributed by atoms with E-state index in [4.69, 9.17) is 9.47 Å². The molecule has 0 amide bonds. The van der Waals surface area contributed by atoms with Crippen molar-refractivity contribution in [1.82, 2.24) is 4.98 Å². The Labute approximate surface area is 119 Å². The van der Waals surface area contributed by atoms with E-state index in [1.165, 1.54) is 6.20 Å². The number of aromatic nitrogens is 1. The van der Waals surface area contributed by atoms with Crippen molar-refractivity contribution in [2.45, 2.75) is 52.2 Å². The summed E-state index contributed by atoms with van der Waals surface area (Å²) in [6, 6.07) is 3.36. The van der Waals surface area contributed by atoms with Gasteiger partial charge in [0.25, 0.3) is 0 Å². The van der Waals surface area contributed by atoms with Crippen molar-refractivity contribution in [2.75, 3.05) is 0 Å². The number of ether oxygens (including phenoxy) is 2. The number of rotatable bonds is 5. The number of carbonyl (C=O) groups is 2. The quantitative estimate of drug-likeness (QED) is 0.775. The van der Waals surface area contributed by atoms with Gasteiger partial charge in [-0.15, -0.1) is 0 Å². The summed E-state index contributed by atoms with van der Waals surface area (Å²) in [6.07, 6.45) is 2.94. The summed E-state index contributed by atoms with van der Waals surface area (Å²) in [6.45, 7) is 7.16. The number of hydrogen-bond acceptors (Lipinski definition) is 5. The van der Waals surface area contributed by atoms with Crippen molar-refractivity contribution in [3.63, 3.8) is 0 Å². The minimum atomic E-state index is -1.07. The van der Waals surface area contributed by atoms with Crippen molar-refractivity contribution in [2.24, 2.45) is 0 Å². The Morgan fingerprint density at radius 2 is 2.05 bits per heavy atom. The largest absolute Gasteiger partial charge is 0.457 e. The molecule has 0 bridgehead atoms. The lowest BCUT2D eigenvalue weighted by molar-refractivity contribution is -0.176. The second kappa shape index (κ2) is 7.03. The van der Waals surface area contributed by atoms with Gasteiger partial charge in [-0.1, -0.05) is 13.0 Å². The highest BCUT2D eigenvalue weighted by Crippen LogP contribution is 2.22. The van der Waals surface area contributed by atoms with Crippen molar-refractivity contribution in [3.05, 3.63) is 30.1 Å². The summed E-state index contributed by atoms with van der Waals surface area (Å²) in [5, 5.41) is 0. The fourth-order valence-electron chi connectivity index (χ4n) is 1.53. The monoisotopic (exact) mass is 279 g/mol. The Kier molecular flexibility index (Phi) is 5.67. The first-order valence-corrected chi connectivity index (χ1v) is 6.65. The molecule has 0 radical (unpaired) electrons. The fourth-order valence-corrected chi connectivity index (χ4v) is 1.53. The summed E-state index contributed by atoms with van der Waals surface area (Å²) in [7, 11) is 0. The second-order valence-electron chi connectivity index (χ2n) is 5.44. The zero-order valence-corrected chi connectivity index (χ0v) is 12.4. The molecule has 110 valence electrons. The maximum Gasteiger partial charge on any atom is 0.352 e. The molecule has 1 rings (SSSR count). The molecule has 0 spiro atoms. The zero-order chi connectivity index (χ0) is 15.2. The van der Waals surface area contributed by atoms with E-state index in [9.17, 15) is 9.59 Å². The molecule has 0 aliphatic carbocycles. The van der Waals surface area contributed by atoms with Crippen LogP contribution in [-0.4, -0.2) is 22.5 Å². The van der Waals surface area contributed by atoms with E-state index in [1.54, 1.807) is 39.1 Å². The Balaban J connectivity index is 2.90. The topological polar surface area (TPSA) is 65.5 Å². The van der Waals surface area contributed by atoms with Gasteiger partial charge in [0, 0.05) is 24.4 Å². The predicted molar refractivity (Wildman–Crippen MR) is 73.8 cm³/mol. The lowest BCUT2D eigenvalue weighted by atomic mass is 10.1. The SMILES string of the molecule is CCCC(=O)OC(C(=O)OC(C)(C)C)c1cccnc1. The lowest BCUT2D eigenvalue weighted by Crippen LogP contribution is -2.30. The number of pyridine rings is 1. The number of nitrogens with zero attached hydrogens (tertiary/aromatic N) is 1. The highest BCUT2D eigenvalue weighted by Gasteiger charge is 2.30. The Morgan fingerprint density at radius 3 is 2.55 bits per heavy atom. The first-order valence-electron chi connectivity index (χ1n) is 6.65. The minimum Gasteiger partial charge on any atom is -0.457 e. The van der Waals surface area contributed by atoms with Gasteiger partial charge in [-0.3, -0.25) is 9.78 Å². The van der Waals surface area contributed by atoms with E-state index < -0.39 is 23.6 Å². The van der Waals surface area contributed by atoms with Crippen LogP contribution >= 0.6 is 0 Å². The average Bonchev–Trinajstić information content (AvgIpc) is 2.35. The maximum absolute atomic E-state index is 12.2. The fraction of sp³-hybridized carbons (Fsp3) is 0.533. The average molecular weight is 279 g/mol. The molecule has 0 aliphatic rings. The normalized spacial score (nSPS) is 12.6. The number of hydrogen-bond donors (Lipinski definition) is 0. The molecule has 1 heterocycles. The van der Waals surface area contributed by atoms with Gasteiger partial charge in [0.05, 0.1) is 0 Å². The van der Waals surface area contributed by atoms with Crippen LogP contribution < -0.4 is 0 Å². The second-order valence-corrected chi connectivity index (χ2v) is 5.44. The third kappa shape index (κ3) is 5.38. The van der Waals surface area contributed by atoms with Crippen molar-refractivity contribution in [1.29, 1.82) is 0 Å². The maximum atomic E-state index is 12.2. The van der Waals surface area contributed by atoms with Crippen LogP contribution in [0.25, 0.3) is 0 Å². The predicted octanol–water partition coefficient (Wildman–Crippen LogP) is 2.81. The molecule has 0 saturated carbocycles. The van der Waals surface area contributed by atoms with Crippen LogP contribution in [0.1, 0.15) is 52.2 Å². The van der Waals surface area contributed by atoms with Crippen LogP contribution in [0.15, 0.2) is 24.5 Å².